The first kappa shape index (κ1) is 9.69. The normalized spacial score (nSPS) is 17.6. The molecule has 1 aromatic rings. The first-order valence-corrected chi connectivity index (χ1v) is 5.14. The summed E-state index contributed by atoms with van der Waals surface area (Å²) >= 11 is 0. The molecule has 1 aliphatic heterocycles. The predicted molar refractivity (Wildman–Crippen MR) is 55.2 cm³/mol. The summed E-state index contributed by atoms with van der Waals surface area (Å²) in [7, 11) is 0. The molecule has 76 valence electrons. The molecule has 0 aliphatic carbocycles. The second-order valence-corrected chi connectivity index (χ2v) is 3.63. The van der Waals surface area contributed by atoms with Gasteiger partial charge >= 0.3 is 0 Å². The lowest BCUT2D eigenvalue weighted by atomic mass is 10.0. The summed E-state index contributed by atoms with van der Waals surface area (Å²) < 4.78 is 11.0. The maximum Gasteiger partial charge on any atom is 0.184 e. The Morgan fingerprint density at radius 1 is 1.29 bits per heavy atom. The van der Waals surface area contributed by atoms with Crippen molar-refractivity contribution in [2.24, 2.45) is 0 Å². The minimum Gasteiger partial charge on any atom is -0.346 e. The topological polar surface area (TPSA) is 18.5 Å². The van der Waals surface area contributed by atoms with E-state index in [1.165, 1.54) is 16.7 Å². The number of ether oxygens (including phenoxy) is 2. The second-order valence-electron chi connectivity index (χ2n) is 3.63. The number of aryl methyl sites for hydroxylation is 2. The fraction of sp³-hybridized carbons (Fsp3) is 0.500. The summed E-state index contributed by atoms with van der Waals surface area (Å²) in [5.41, 5.74) is 3.82. The van der Waals surface area contributed by atoms with Gasteiger partial charge in [-0.1, -0.05) is 30.7 Å². The van der Waals surface area contributed by atoms with Crippen molar-refractivity contribution in [2.45, 2.75) is 26.6 Å². The zero-order valence-corrected chi connectivity index (χ0v) is 8.75. The molecule has 0 unspecified atom stereocenters. The van der Waals surface area contributed by atoms with Gasteiger partial charge in [0.25, 0.3) is 0 Å². The van der Waals surface area contributed by atoms with Crippen LogP contribution in [-0.2, 0) is 15.9 Å². The molecule has 0 saturated carbocycles. The van der Waals surface area contributed by atoms with Gasteiger partial charge in [-0.05, 0) is 18.9 Å². The molecule has 1 heterocycles. The SMILES string of the molecule is CCc1cc(C)ccc1C1OCCO1. The van der Waals surface area contributed by atoms with Crippen molar-refractivity contribution >= 4 is 0 Å². The van der Waals surface area contributed by atoms with Gasteiger partial charge in [0.05, 0.1) is 13.2 Å². The average molecular weight is 192 g/mol. The van der Waals surface area contributed by atoms with Gasteiger partial charge < -0.3 is 9.47 Å². The van der Waals surface area contributed by atoms with E-state index in [0.29, 0.717) is 13.2 Å². The third kappa shape index (κ3) is 1.81. The van der Waals surface area contributed by atoms with Gasteiger partial charge in [0.2, 0.25) is 0 Å². The smallest absolute Gasteiger partial charge is 0.184 e. The molecule has 2 rings (SSSR count). The molecule has 1 saturated heterocycles. The zero-order valence-electron chi connectivity index (χ0n) is 8.75. The molecule has 14 heavy (non-hydrogen) atoms. The Bertz CT molecular complexity index is 314. The summed E-state index contributed by atoms with van der Waals surface area (Å²) in [6.07, 6.45) is 0.894. The molecular weight excluding hydrogens is 176 g/mol. The maximum absolute atomic E-state index is 5.50. The van der Waals surface area contributed by atoms with Gasteiger partial charge in [-0.3, -0.25) is 0 Å². The summed E-state index contributed by atoms with van der Waals surface area (Å²) in [5, 5.41) is 0. The molecule has 0 bridgehead atoms. The van der Waals surface area contributed by atoms with Gasteiger partial charge in [-0.15, -0.1) is 0 Å². The number of hydrogen-bond donors (Lipinski definition) is 0. The molecule has 1 aliphatic rings. The summed E-state index contributed by atoms with van der Waals surface area (Å²) in [5.74, 6) is 0. The van der Waals surface area contributed by atoms with Crippen molar-refractivity contribution in [1.82, 2.24) is 0 Å². The minimum absolute atomic E-state index is 0.134. The minimum atomic E-state index is -0.134. The molecule has 0 amide bonds. The highest BCUT2D eigenvalue weighted by atomic mass is 16.7. The molecule has 0 atom stereocenters. The van der Waals surface area contributed by atoms with Gasteiger partial charge in [0.15, 0.2) is 6.29 Å². The first-order valence-electron chi connectivity index (χ1n) is 5.14. The van der Waals surface area contributed by atoms with Crippen LogP contribution < -0.4 is 0 Å². The monoisotopic (exact) mass is 192 g/mol. The number of benzene rings is 1. The Morgan fingerprint density at radius 3 is 2.64 bits per heavy atom. The Morgan fingerprint density at radius 2 is 2.00 bits per heavy atom. The fourth-order valence-corrected chi connectivity index (χ4v) is 1.81. The molecular formula is C12H16O2. The van der Waals surface area contributed by atoms with E-state index in [9.17, 15) is 0 Å². The lowest BCUT2D eigenvalue weighted by Gasteiger charge is -2.14. The molecule has 2 nitrogen and oxygen atoms in total. The van der Waals surface area contributed by atoms with Crippen molar-refractivity contribution in [3.63, 3.8) is 0 Å². The standard InChI is InChI=1S/C12H16O2/c1-3-10-8-9(2)4-5-11(10)12-13-6-7-14-12/h4-5,8,12H,3,6-7H2,1-2H3. The van der Waals surface area contributed by atoms with E-state index >= 15 is 0 Å². The Kier molecular flexibility index (Phi) is 2.85. The largest absolute Gasteiger partial charge is 0.346 e. The Hall–Kier alpha value is -0.860. The highest BCUT2D eigenvalue weighted by Crippen LogP contribution is 2.27. The summed E-state index contributed by atoms with van der Waals surface area (Å²) in [4.78, 5) is 0. The summed E-state index contributed by atoms with van der Waals surface area (Å²) in [6, 6.07) is 6.43. The molecule has 0 N–H and O–H groups in total. The van der Waals surface area contributed by atoms with Crippen LogP contribution in [0, 0.1) is 6.92 Å². The van der Waals surface area contributed by atoms with Crippen LogP contribution in [0.5, 0.6) is 0 Å². The maximum atomic E-state index is 5.50. The van der Waals surface area contributed by atoms with E-state index in [0.717, 1.165) is 6.42 Å². The van der Waals surface area contributed by atoms with E-state index in [2.05, 4.69) is 32.0 Å². The highest BCUT2D eigenvalue weighted by molar-refractivity contribution is 5.32. The van der Waals surface area contributed by atoms with Crippen LogP contribution >= 0.6 is 0 Å². The van der Waals surface area contributed by atoms with Crippen molar-refractivity contribution in [2.75, 3.05) is 13.2 Å². The van der Waals surface area contributed by atoms with Crippen LogP contribution in [0.4, 0.5) is 0 Å². The third-order valence-electron chi connectivity index (χ3n) is 2.56. The lowest BCUT2D eigenvalue weighted by Crippen LogP contribution is -2.02. The van der Waals surface area contributed by atoms with Crippen LogP contribution in [0.3, 0.4) is 0 Å². The van der Waals surface area contributed by atoms with Crippen LogP contribution in [0.15, 0.2) is 18.2 Å². The van der Waals surface area contributed by atoms with Crippen molar-refractivity contribution < 1.29 is 9.47 Å². The van der Waals surface area contributed by atoms with Gasteiger partial charge in [0.1, 0.15) is 0 Å². The van der Waals surface area contributed by atoms with Gasteiger partial charge in [-0.2, -0.15) is 0 Å². The molecule has 2 heteroatoms. The molecule has 0 radical (unpaired) electrons. The van der Waals surface area contributed by atoms with Gasteiger partial charge in [0, 0.05) is 5.56 Å². The number of rotatable bonds is 2. The fourth-order valence-electron chi connectivity index (χ4n) is 1.81. The molecule has 1 aromatic carbocycles. The molecule has 0 spiro atoms. The van der Waals surface area contributed by atoms with E-state index in [1.807, 2.05) is 0 Å². The zero-order chi connectivity index (χ0) is 9.97. The van der Waals surface area contributed by atoms with Gasteiger partial charge in [-0.25, -0.2) is 0 Å². The first-order chi connectivity index (χ1) is 6.81. The third-order valence-corrected chi connectivity index (χ3v) is 2.56. The second kappa shape index (κ2) is 4.11. The Labute approximate surface area is 84.8 Å². The van der Waals surface area contributed by atoms with E-state index in [4.69, 9.17) is 9.47 Å². The van der Waals surface area contributed by atoms with Crippen molar-refractivity contribution in [3.8, 4) is 0 Å². The van der Waals surface area contributed by atoms with Crippen LogP contribution in [0.25, 0.3) is 0 Å². The molecule has 1 fully saturated rings. The highest BCUT2D eigenvalue weighted by Gasteiger charge is 2.20. The average Bonchev–Trinajstić information content (AvgIpc) is 2.70. The van der Waals surface area contributed by atoms with Crippen LogP contribution in [0.1, 0.15) is 29.9 Å². The predicted octanol–water partition coefficient (Wildman–Crippen LogP) is 2.60. The van der Waals surface area contributed by atoms with E-state index < -0.39 is 0 Å². The van der Waals surface area contributed by atoms with E-state index in [-0.39, 0.29) is 6.29 Å². The quantitative estimate of drug-likeness (QED) is 0.717. The Balaban J connectivity index is 2.31. The number of hydrogen-bond acceptors (Lipinski definition) is 2. The molecule has 0 aromatic heterocycles. The van der Waals surface area contributed by atoms with Crippen LogP contribution in [-0.4, -0.2) is 13.2 Å². The summed E-state index contributed by atoms with van der Waals surface area (Å²) in [6.45, 7) is 5.69. The van der Waals surface area contributed by atoms with E-state index in [1.54, 1.807) is 0 Å². The van der Waals surface area contributed by atoms with Crippen molar-refractivity contribution in [3.05, 3.63) is 34.9 Å². The lowest BCUT2D eigenvalue weighted by molar-refractivity contribution is -0.0446. The van der Waals surface area contributed by atoms with Crippen LogP contribution in [0.2, 0.25) is 0 Å². The van der Waals surface area contributed by atoms with Crippen molar-refractivity contribution in [1.29, 1.82) is 0 Å².